The lowest BCUT2D eigenvalue weighted by Gasteiger charge is -2.33. The van der Waals surface area contributed by atoms with Crippen LogP contribution in [0.1, 0.15) is 35.2 Å². The van der Waals surface area contributed by atoms with Crippen molar-refractivity contribution in [1.29, 1.82) is 0 Å². The third-order valence-electron chi connectivity index (χ3n) is 4.78. The van der Waals surface area contributed by atoms with Crippen molar-refractivity contribution in [2.75, 3.05) is 13.1 Å². The molecular formula is C18H19FN4O. The van der Waals surface area contributed by atoms with E-state index >= 15 is 0 Å². The molecule has 4 rings (SSSR count). The van der Waals surface area contributed by atoms with Crippen LogP contribution in [0.15, 0.2) is 36.7 Å². The summed E-state index contributed by atoms with van der Waals surface area (Å²) in [5.41, 5.74) is 1.09. The average Bonchev–Trinajstić information content (AvgIpc) is 3.21. The molecule has 1 aliphatic heterocycles. The Morgan fingerprint density at radius 2 is 2.29 bits per heavy atom. The van der Waals surface area contributed by atoms with Crippen LogP contribution in [0.4, 0.5) is 4.39 Å². The molecular weight excluding hydrogens is 307 g/mol. The third-order valence-corrected chi connectivity index (χ3v) is 4.78. The second-order valence-electron chi connectivity index (χ2n) is 6.31. The standard InChI is InChI=1S/C18H19FN4O/c1-12-20-7-9-23(12)13-4-3-8-22(11-13)18(24)17-10-14-15(19)5-2-6-16(14)21-17/h2,5-7,9-10,13,21H,3-4,8,11H2,1H3/t13-/m1/s1. The van der Waals surface area contributed by atoms with Gasteiger partial charge in [0.2, 0.25) is 0 Å². The van der Waals surface area contributed by atoms with Crippen molar-refractivity contribution in [3.63, 3.8) is 0 Å². The number of carbonyl (C=O) groups is 1. The summed E-state index contributed by atoms with van der Waals surface area (Å²) in [5.74, 6) is 0.573. The minimum absolute atomic E-state index is 0.0759. The van der Waals surface area contributed by atoms with E-state index in [-0.39, 0.29) is 17.8 Å². The Morgan fingerprint density at radius 3 is 3.04 bits per heavy atom. The number of amides is 1. The maximum absolute atomic E-state index is 13.8. The van der Waals surface area contributed by atoms with Crippen molar-refractivity contribution < 1.29 is 9.18 Å². The van der Waals surface area contributed by atoms with E-state index in [1.54, 1.807) is 24.4 Å². The minimum atomic E-state index is -0.312. The highest BCUT2D eigenvalue weighted by Gasteiger charge is 2.27. The molecule has 1 aromatic carbocycles. The van der Waals surface area contributed by atoms with Crippen molar-refractivity contribution in [1.82, 2.24) is 19.4 Å². The maximum Gasteiger partial charge on any atom is 0.270 e. The van der Waals surface area contributed by atoms with Crippen LogP contribution >= 0.6 is 0 Å². The van der Waals surface area contributed by atoms with Gasteiger partial charge >= 0.3 is 0 Å². The van der Waals surface area contributed by atoms with Gasteiger partial charge in [-0.15, -0.1) is 0 Å². The van der Waals surface area contributed by atoms with E-state index in [9.17, 15) is 9.18 Å². The predicted octanol–water partition coefficient (Wildman–Crippen LogP) is 3.29. The molecule has 0 bridgehead atoms. The van der Waals surface area contributed by atoms with E-state index in [0.717, 1.165) is 25.2 Å². The van der Waals surface area contributed by atoms with Gasteiger partial charge in [0.15, 0.2) is 0 Å². The Labute approximate surface area is 139 Å². The molecule has 0 saturated carbocycles. The number of likely N-dealkylation sites (tertiary alicyclic amines) is 1. The summed E-state index contributed by atoms with van der Waals surface area (Å²) in [6.07, 6.45) is 5.73. The first-order valence-electron chi connectivity index (χ1n) is 8.19. The number of benzene rings is 1. The Morgan fingerprint density at radius 1 is 1.42 bits per heavy atom. The van der Waals surface area contributed by atoms with Crippen LogP contribution in [0.2, 0.25) is 0 Å². The number of aryl methyl sites for hydroxylation is 1. The van der Waals surface area contributed by atoms with Crippen LogP contribution in [0.5, 0.6) is 0 Å². The number of hydrogen-bond acceptors (Lipinski definition) is 2. The molecule has 1 fully saturated rings. The molecule has 0 aliphatic carbocycles. The van der Waals surface area contributed by atoms with Gasteiger partial charge in [-0.05, 0) is 38.0 Å². The highest BCUT2D eigenvalue weighted by atomic mass is 19.1. The highest BCUT2D eigenvalue weighted by molar-refractivity contribution is 5.98. The Bertz CT molecular complexity index is 897. The number of rotatable bonds is 2. The molecule has 5 nitrogen and oxygen atoms in total. The van der Waals surface area contributed by atoms with E-state index in [2.05, 4.69) is 14.5 Å². The number of nitrogens with zero attached hydrogens (tertiary/aromatic N) is 3. The van der Waals surface area contributed by atoms with Crippen molar-refractivity contribution in [2.45, 2.75) is 25.8 Å². The summed E-state index contributed by atoms with van der Waals surface area (Å²) in [4.78, 5) is 22.0. The highest BCUT2D eigenvalue weighted by Crippen LogP contribution is 2.25. The van der Waals surface area contributed by atoms with Crippen molar-refractivity contribution in [2.24, 2.45) is 0 Å². The molecule has 1 aliphatic rings. The monoisotopic (exact) mass is 326 g/mol. The minimum Gasteiger partial charge on any atom is -0.350 e. The Hall–Kier alpha value is -2.63. The average molecular weight is 326 g/mol. The van der Waals surface area contributed by atoms with Crippen molar-refractivity contribution in [3.8, 4) is 0 Å². The topological polar surface area (TPSA) is 53.9 Å². The maximum atomic E-state index is 13.8. The molecule has 1 saturated heterocycles. The summed E-state index contributed by atoms with van der Waals surface area (Å²) >= 11 is 0. The second-order valence-corrected chi connectivity index (χ2v) is 6.31. The third kappa shape index (κ3) is 2.48. The molecule has 124 valence electrons. The van der Waals surface area contributed by atoms with Gasteiger partial charge in [-0.25, -0.2) is 9.37 Å². The first kappa shape index (κ1) is 14.9. The van der Waals surface area contributed by atoms with E-state index in [1.165, 1.54) is 6.07 Å². The normalized spacial score (nSPS) is 18.2. The molecule has 1 atom stereocenters. The summed E-state index contributed by atoms with van der Waals surface area (Å²) in [7, 11) is 0. The molecule has 0 unspecified atom stereocenters. The lowest BCUT2D eigenvalue weighted by molar-refractivity contribution is 0.0673. The van der Waals surface area contributed by atoms with Gasteiger partial charge in [0.25, 0.3) is 5.91 Å². The Kier molecular flexibility index (Phi) is 3.59. The van der Waals surface area contributed by atoms with Gasteiger partial charge in [-0.2, -0.15) is 0 Å². The number of halogens is 1. The van der Waals surface area contributed by atoms with E-state index in [1.807, 2.05) is 18.0 Å². The number of piperidine rings is 1. The molecule has 3 heterocycles. The van der Waals surface area contributed by atoms with Crippen LogP contribution in [0.25, 0.3) is 10.9 Å². The Balaban J connectivity index is 1.59. The number of carbonyl (C=O) groups excluding carboxylic acids is 1. The molecule has 24 heavy (non-hydrogen) atoms. The molecule has 3 aromatic rings. The molecule has 2 aromatic heterocycles. The van der Waals surface area contributed by atoms with Crippen LogP contribution in [0, 0.1) is 12.7 Å². The zero-order chi connectivity index (χ0) is 16.7. The molecule has 0 spiro atoms. The summed E-state index contributed by atoms with van der Waals surface area (Å²) in [6.45, 7) is 3.34. The fourth-order valence-electron chi connectivity index (χ4n) is 3.54. The van der Waals surface area contributed by atoms with Crippen LogP contribution in [-0.4, -0.2) is 38.4 Å². The lowest BCUT2D eigenvalue weighted by Crippen LogP contribution is -2.41. The summed E-state index contributed by atoms with van der Waals surface area (Å²) < 4.78 is 16.0. The smallest absolute Gasteiger partial charge is 0.270 e. The lowest BCUT2D eigenvalue weighted by atomic mass is 10.0. The van der Waals surface area contributed by atoms with Crippen molar-refractivity contribution >= 4 is 16.8 Å². The number of imidazole rings is 1. The van der Waals surface area contributed by atoms with Gasteiger partial charge in [0, 0.05) is 36.4 Å². The second kappa shape index (κ2) is 5.78. The SMILES string of the molecule is Cc1nccn1[C@@H]1CCCN(C(=O)c2cc3c(F)cccc3[nH]2)C1. The van der Waals surface area contributed by atoms with Gasteiger partial charge in [-0.1, -0.05) is 6.07 Å². The van der Waals surface area contributed by atoms with Gasteiger partial charge < -0.3 is 14.5 Å². The van der Waals surface area contributed by atoms with Crippen LogP contribution in [-0.2, 0) is 0 Å². The van der Waals surface area contributed by atoms with Gasteiger partial charge in [0.05, 0.1) is 6.04 Å². The van der Waals surface area contributed by atoms with Crippen LogP contribution in [0.3, 0.4) is 0 Å². The molecule has 1 amide bonds. The van der Waals surface area contributed by atoms with Gasteiger partial charge in [0.1, 0.15) is 17.3 Å². The molecule has 1 N–H and O–H groups in total. The largest absolute Gasteiger partial charge is 0.350 e. The van der Waals surface area contributed by atoms with E-state index in [0.29, 0.717) is 23.1 Å². The first-order chi connectivity index (χ1) is 11.6. The number of H-pyrrole nitrogens is 1. The zero-order valence-corrected chi connectivity index (χ0v) is 13.5. The number of aromatic nitrogens is 3. The fraction of sp³-hybridized carbons (Fsp3) is 0.333. The quantitative estimate of drug-likeness (QED) is 0.786. The van der Waals surface area contributed by atoms with Crippen molar-refractivity contribution in [3.05, 3.63) is 54.0 Å². The number of hydrogen-bond donors (Lipinski definition) is 1. The first-order valence-corrected chi connectivity index (χ1v) is 8.19. The number of nitrogens with one attached hydrogen (secondary N) is 1. The van der Waals surface area contributed by atoms with Crippen LogP contribution < -0.4 is 0 Å². The summed E-state index contributed by atoms with van der Waals surface area (Å²) in [5, 5.41) is 0.458. The molecule has 0 radical (unpaired) electrons. The molecule has 6 heteroatoms. The number of aromatic amines is 1. The van der Waals surface area contributed by atoms with Gasteiger partial charge in [-0.3, -0.25) is 4.79 Å². The summed E-state index contributed by atoms with van der Waals surface area (Å²) in [6, 6.07) is 6.68. The number of fused-ring (bicyclic) bond motifs is 1. The zero-order valence-electron chi connectivity index (χ0n) is 13.5. The van der Waals surface area contributed by atoms with E-state index < -0.39 is 0 Å². The predicted molar refractivity (Wildman–Crippen MR) is 89.4 cm³/mol. The fourth-order valence-corrected chi connectivity index (χ4v) is 3.54. The van der Waals surface area contributed by atoms with E-state index in [4.69, 9.17) is 0 Å².